The molecule has 0 aliphatic carbocycles. The van der Waals surface area contributed by atoms with Gasteiger partial charge in [-0.1, -0.05) is 70.4 Å². The Hall–Kier alpha value is 0.120. The maximum atomic E-state index is 11.0. The summed E-state index contributed by atoms with van der Waals surface area (Å²) in [7, 11) is -1.95. The number of nitrogens with one attached hydrogen (secondary N) is 1. The summed E-state index contributed by atoms with van der Waals surface area (Å²) in [4.78, 5) is 11.0. The number of hydrogen-bond acceptors (Lipinski definition) is 3. The van der Waals surface area contributed by atoms with Crippen molar-refractivity contribution >= 4 is 45.6 Å². The van der Waals surface area contributed by atoms with Gasteiger partial charge in [-0.25, -0.2) is 0 Å². The predicted octanol–water partition coefficient (Wildman–Crippen LogP) is 5.02. The van der Waals surface area contributed by atoms with Gasteiger partial charge in [-0.05, 0) is 39.0 Å². The number of allylic oxidation sites excluding steroid dienone is 2. The van der Waals surface area contributed by atoms with Crippen LogP contribution in [0.4, 0.5) is 0 Å². The molecule has 0 fully saturated rings. The number of amides is 1. The third kappa shape index (κ3) is 33.7. The number of carbonyl (C=O) groups is 1. The molecule has 0 spiro atoms. The van der Waals surface area contributed by atoms with Crippen LogP contribution in [0, 0.1) is 0 Å². The molecule has 0 aromatic heterocycles. The van der Waals surface area contributed by atoms with Crippen LogP contribution in [0.15, 0.2) is 12.2 Å². The molecule has 0 unspecified atom stereocenters. The monoisotopic (exact) mass is 429 g/mol. The Morgan fingerprint density at radius 3 is 1.61 bits per heavy atom. The topological polar surface area (TPSA) is 83.5 Å². The van der Waals surface area contributed by atoms with Gasteiger partial charge in [-0.3, -0.25) is 9.35 Å². The molecule has 0 aliphatic heterocycles. The summed E-state index contributed by atoms with van der Waals surface area (Å²) in [6.45, 7) is 3.64. The summed E-state index contributed by atoms with van der Waals surface area (Å²) in [5.74, 6) is -0.0277. The standard InChI is InChI=1S/C19H37NO.C2H6O3S.Na.H/c1-3-4-5-6-7-8-9-10-11-12-13-14-15-16-17-18-19(21)20-2;1-2-6(3,4)5;;/h10-11H,3-9,12-18H2,1-2H3,(H,20,21);2H2,1H3,(H,3,4,5);;/b11-10-;;;. The van der Waals surface area contributed by atoms with Crippen molar-refractivity contribution in [2.24, 2.45) is 0 Å². The average Bonchev–Trinajstić information content (AvgIpc) is 2.64. The Morgan fingerprint density at radius 1 is 0.821 bits per heavy atom. The van der Waals surface area contributed by atoms with Crippen LogP contribution in [-0.2, 0) is 14.9 Å². The quantitative estimate of drug-likeness (QED) is 0.156. The van der Waals surface area contributed by atoms with Gasteiger partial charge in [0.1, 0.15) is 0 Å². The van der Waals surface area contributed by atoms with E-state index in [0.29, 0.717) is 6.42 Å². The van der Waals surface area contributed by atoms with E-state index < -0.39 is 10.1 Å². The molecule has 1 amide bonds. The first-order chi connectivity index (χ1) is 12.9. The van der Waals surface area contributed by atoms with Gasteiger partial charge in [0, 0.05) is 13.5 Å². The predicted molar refractivity (Wildman–Crippen MR) is 123 cm³/mol. The van der Waals surface area contributed by atoms with E-state index in [9.17, 15) is 13.2 Å². The minimum absolute atomic E-state index is 0. The molecule has 7 heteroatoms. The van der Waals surface area contributed by atoms with Crippen molar-refractivity contribution in [3.8, 4) is 0 Å². The van der Waals surface area contributed by atoms with Gasteiger partial charge >= 0.3 is 29.6 Å². The van der Waals surface area contributed by atoms with Crippen LogP contribution in [0.3, 0.4) is 0 Å². The summed E-state index contributed by atoms with van der Waals surface area (Å²) in [5, 5.41) is 2.67. The fourth-order valence-corrected chi connectivity index (χ4v) is 2.48. The zero-order valence-corrected chi connectivity index (χ0v) is 18.7. The van der Waals surface area contributed by atoms with Gasteiger partial charge in [-0.15, -0.1) is 0 Å². The van der Waals surface area contributed by atoms with E-state index in [0.717, 1.165) is 6.42 Å². The Morgan fingerprint density at radius 2 is 1.21 bits per heavy atom. The molecule has 28 heavy (non-hydrogen) atoms. The molecule has 0 heterocycles. The zero-order chi connectivity index (χ0) is 20.8. The number of unbranched alkanes of at least 4 members (excludes halogenated alkanes) is 11. The minimum atomic E-state index is -3.66. The Kier molecular flexibility index (Phi) is 29.4. The zero-order valence-electron chi connectivity index (χ0n) is 17.8. The third-order valence-electron chi connectivity index (χ3n) is 4.31. The molecule has 0 saturated carbocycles. The maximum absolute atomic E-state index is 11.0. The van der Waals surface area contributed by atoms with Crippen LogP contribution in [0.1, 0.15) is 104 Å². The molecule has 0 aliphatic rings. The van der Waals surface area contributed by atoms with Crippen molar-refractivity contribution < 1.29 is 17.8 Å². The normalized spacial score (nSPS) is 10.9. The van der Waals surface area contributed by atoms with Crippen molar-refractivity contribution in [3.63, 3.8) is 0 Å². The summed E-state index contributed by atoms with van der Waals surface area (Å²) in [6, 6.07) is 0. The summed E-state index contributed by atoms with van der Waals surface area (Å²) < 4.78 is 26.9. The number of carbonyl (C=O) groups excluding carboxylic acids is 1. The Balaban J connectivity index is -0.000000771. The molecule has 0 atom stereocenters. The molecule has 0 radical (unpaired) electrons. The van der Waals surface area contributed by atoms with Crippen molar-refractivity contribution in [3.05, 3.63) is 12.2 Å². The number of rotatable bonds is 16. The van der Waals surface area contributed by atoms with E-state index in [1.54, 1.807) is 7.05 Å². The summed E-state index contributed by atoms with van der Waals surface area (Å²) in [6.07, 6.45) is 22.3. The molecular weight excluding hydrogens is 385 g/mol. The van der Waals surface area contributed by atoms with Crippen LogP contribution in [0.25, 0.3) is 0 Å². The second kappa shape index (κ2) is 25.2. The van der Waals surface area contributed by atoms with Gasteiger partial charge < -0.3 is 5.32 Å². The molecule has 2 N–H and O–H groups in total. The average molecular weight is 430 g/mol. The first-order valence-electron chi connectivity index (χ1n) is 10.7. The van der Waals surface area contributed by atoms with Gasteiger partial charge in [0.15, 0.2) is 0 Å². The van der Waals surface area contributed by atoms with E-state index in [1.165, 1.54) is 84.0 Å². The Labute approximate surface area is 196 Å². The summed E-state index contributed by atoms with van der Waals surface area (Å²) >= 11 is 0. The van der Waals surface area contributed by atoms with Gasteiger partial charge in [0.25, 0.3) is 10.1 Å². The first-order valence-corrected chi connectivity index (χ1v) is 12.3. The van der Waals surface area contributed by atoms with E-state index in [2.05, 4.69) is 24.4 Å². The fourth-order valence-electron chi connectivity index (χ4n) is 2.48. The molecule has 0 saturated heterocycles. The Bertz CT molecular complexity index is 453. The fraction of sp³-hybridized carbons (Fsp3) is 0.857. The summed E-state index contributed by atoms with van der Waals surface area (Å²) in [5.41, 5.74) is 0. The second-order valence-electron chi connectivity index (χ2n) is 6.88. The molecule has 0 aromatic carbocycles. The van der Waals surface area contributed by atoms with E-state index in [4.69, 9.17) is 4.55 Å². The van der Waals surface area contributed by atoms with Crippen LogP contribution >= 0.6 is 0 Å². The molecule has 5 nitrogen and oxygen atoms in total. The van der Waals surface area contributed by atoms with Crippen molar-refractivity contribution in [2.45, 2.75) is 104 Å². The van der Waals surface area contributed by atoms with Gasteiger partial charge in [0.2, 0.25) is 5.91 Å². The van der Waals surface area contributed by atoms with Crippen LogP contribution in [-0.4, -0.2) is 61.2 Å². The van der Waals surface area contributed by atoms with Crippen LogP contribution in [0.2, 0.25) is 0 Å². The van der Waals surface area contributed by atoms with Crippen molar-refractivity contribution in [2.75, 3.05) is 12.8 Å². The molecule has 0 rings (SSSR count). The SMILES string of the molecule is CCCCCCCC/C=C\CCCCCCCC(=O)NC.CCS(=O)(=O)O.[NaH]. The van der Waals surface area contributed by atoms with E-state index in [1.807, 2.05) is 0 Å². The van der Waals surface area contributed by atoms with E-state index >= 15 is 0 Å². The van der Waals surface area contributed by atoms with Crippen LogP contribution in [0.5, 0.6) is 0 Å². The third-order valence-corrected chi connectivity index (χ3v) is 5.04. The molecule has 164 valence electrons. The van der Waals surface area contributed by atoms with Crippen molar-refractivity contribution in [1.29, 1.82) is 0 Å². The van der Waals surface area contributed by atoms with Crippen molar-refractivity contribution in [1.82, 2.24) is 5.32 Å². The second-order valence-corrected chi connectivity index (χ2v) is 8.62. The first kappa shape index (κ1) is 32.8. The van der Waals surface area contributed by atoms with Gasteiger partial charge in [-0.2, -0.15) is 8.42 Å². The van der Waals surface area contributed by atoms with Crippen LogP contribution < -0.4 is 5.32 Å². The molecule has 0 bridgehead atoms. The number of hydrogen-bond donors (Lipinski definition) is 2. The van der Waals surface area contributed by atoms with Gasteiger partial charge in [0.05, 0.1) is 5.75 Å². The molecular formula is C21H44NNaO4S. The molecule has 0 aromatic rings. The van der Waals surface area contributed by atoms with E-state index in [-0.39, 0.29) is 41.2 Å².